The zero-order chi connectivity index (χ0) is 10.4. The third-order valence-electron chi connectivity index (χ3n) is 1.87. The van der Waals surface area contributed by atoms with E-state index in [1.54, 1.807) is 18.8 Å². The topological polar surface area (TPSA) is 65.5 Å². The van der Waals surface area contributed by atoms with Crippen LogP contribution in [0.1, 0.15) is 6.92 Å². The molecule has 0 aromatic rings. The summed E-state index contributed by atoms with van der Waals surface area (Å²) >= 11 is 1.66. The van der Waals surface area contributed by atoms with E-state index in [0.29, 0.717) is 6.61 Å². The van der Waals surface area contributed by atoms with Gasteiger partial charge in [0.2, 0.25) is 0 Å². The lowest BCUT2D eigenvalue weighted by Crippen LogP contribution is -2.49. The minimum atomic E-state index is -0.668. The number of thioether (sulfide) groups is 1. The molecule has 0 saturated carbocycles. The Labute approximate surface area is 88.2 Å². The van der Waals surface area contributed by atoms with Gasteiger partial charge in [0.05, 0.1) is 12.5 Å². The molecule has 6 heteroatoms. The van der Waals surface area contributed by atoms with Crippen LogP contribution in [0.15, 0.2) is 11.1 Å². The number of nitrogens with one attached hydrogen (secondary N) is 3. The average Bonchev–Trinajstić information content (AvgIpc) is 2.71. The lowest BCUT2D eigenvalue weighted by molar-refractivity contribution is -0.0142. The molecule has 1 heterocycles. The molecule has 82 valence electrons. The fraction of sp³-hybridized carbons (Fsp3) is 0.750. The average molecular weight is 219 g/mol. The van der Waals surface area contributed by atoms with Crippen LogP contribution in [0.2, 0.25) is 0 Å². The van der Waals surface area contributed by atoms with E-state index < -0.39 is 6.23 Å². The fourth-order valence-electron chi connectivity index (χ4n) is 1.12. The van der Waals surface area contributed by atoms with E-state index in [-0.39, 0.29) is 6.04 Å². The van der Waals surface area contributed by atoms with Crippen LogP contribution in [-0.2, 0) is 4.84 Å². The predicted octanol–water partition coefficient (Wildman–Crippen LogP) is -0.431. The number of aliphatic hydroxyl groups excluding tert-OH is 1. The fourth-order valence-corrected chi connectivity index (χ4v) is 1.86. The Morgan fingerprint density at radius 1 is 1.79 bits per heavy atom. The number of rotatable bonds is 6. The van der Waals surface area contributed by atoms with Gasteiger partial charge < -0.3 is 15.3 Å². The molecule has 0 amide bonds. The Kier molecular flexibility index (Phi) is 5.28. The lowest BCUT2D eigenvalue weighted by Gasteiger charge is -2.24. The van der Waals surface area contributed by atoms with Gasteiger partial charge in [-0.25, -0.2) is 0 Å². The van der Waals surface area contributed by atoms with Crippen molar-refractivity contribution in [1.82, 2.24) is 16.1 Å². The molecule has 1 rings (SSSR count). The Morgan fingerprint density at radius 2 is 2.57 bits per heavy atom. The highest BCUT2D eigenvalue weighted by Gasteiger charge is 2.23. The van der Waals surface area contributed by atoms with Gasteiger partial charge in [-0.1, -0.05) is 0 Å². The van der Waals surface area contributed by atoms with Crippen LogP contribution in [0.25, 0.3) is 0 Å². The molecule has 4 N–H and O–H groups in total. The quantitative estimate of drug-likeness (QED) is 0.359. The van der Waals surface area contributed by atoms with Crippen molar-refractivity contribution in [2.45, 2.75) is 19.2 Å². The number of hydrogen-bond acceptors (Lipinski definition) is 6. The van der Waals surface area contributed by atoms with E-state index in [1.165, 1.54) is 0 Å². The molecule has 0 aromatic heterocycles. The minimum Gasteiger partial charge on any atom is -0.377 e. The van der Waals surface area contributed by atoms with Crippen LogP contribution in [0, 0.1) is 0 Å². The van der Waals surface area contributed by atoms with Gasteiger partial charge in [-0.15, -0.1) is 11.8 Å². The van der Waals surface area contributed by atoms with E-state index in [1.807, 2.05) is 12.3 Å². The minimum absolute atomic E-state index is 0.255. The Balaban J connectivity index is 2.51. The maximum absolute atomic E-state index is 9.66. The normalized spacial score (nSPS) is 20.1. The molecule has 0 bridgehead atoms. The van der Waals surface area contributed by atoms with Gasteiger partial charge >= 0.3 is 0 Å². The van der Waals surface area contributed by atoms with Crippen molar-refractivity contribution in [2.24, 2.45) is 0 Å². The van der Waals surface area contributed by atoms with Gasteiger partial charge in [-0.2, -0.15) is 5.48 Å². The van der Waals surface area contributed by atoms with Crippen LogP contribution >= 0.6 is 11.8 Å². The molecule has 0 saturated heterocycles. The van der Waals surface area contributed by atoms with Gasteiger partial charge in [0.25, 0.3) is 0 Å². The van der Waals surface area contributed by atoms with E-state index >= 15 is 0 Å². The molecule has 0 radical (unpaired) electrons. The molecule has 0 aromatic carbocycles. The van der Waals surface area contributed by atoms with Crippen molar-refractivity contribution in [3.8, 4) is 0 Å². The maximum atomic E-state index is 9.66. The number of hydrogen-bond donors (Lipinski definition) is 4. The first-order valence-corrected chi connectivity index (χ1v) is 5.62. The molecular formula is C8H17N3O2S. The highest BCUT2D eigenvalue weighted by atomic mass is 32.2. The third-order valence-corrected chi connectivity index (χ3v) is 2.60. The van der Waals surface area contributed by atoms with E-state index in [2.05, 4.69) is 16.1 Å². The van der Waals surface area contributed by atoms with Crippen molar-refractivity contribution >= 4 is 11.8 Å². The summed E-state index contributed by atoms with van der Waals surface area (Å²) in [6.45, 7) is 2.45. The number of likely N-dealkylation sites (N-methyl/N-ethyl adjacent to an activating group) is 1. The summed E-state index contributed by atoms with van der Waals surface area (Å²) < 4.78 is 0. The summed E-state index contributed by atoms with van der Waals surface area (Å²) in [6, 6.07) is -0.255. The lowest BCUT2D eigenvalue weighted by atomic mass is 10.2. The Morgan fingerprint density at radius 3 is 3.07 bits per heavy atom. The second-order valence-electron chi connectivity index (χ2n) is 2.82. The molecule has 0 fully saturated rings. The summed E-state index contributed by atoms with van der Waals surface area (Å²) in [5.41, 5.74) is 3.75. The molecule has 2 unspecified atom stereocenters. The van der Waals surface area contributed by atoms with Gasteiger partial charge in [0.1, 0.15) is 12.3 Å². The first-order valence-electron chi connectivity index (χ1n) is 4.57. The predicted molar refractivity (Wildman–Crippen MR) is 57.3 cm³/mol. The van der Waals surface area contributed by atoms with Crippen LogP contribution in [0.3, 0.4) is 0 Å². The first-order chi connectivity index (χ1) is 6.79. The maximum Gasteiger partial charge on any atom is 0.128 e. The van der Waals surface area contributed by atoms with Crippen molar-refractivity contribution in [3.63, 3.8) is 0 Å². The van der Waals surface area contributed by atoms with Crippen molar-refractivity contribution < 1.29 is 9.94 Å². The van der Waals surface area contributed by atoms with E-state index in [0.717, 1.165) is 11.6 Å². The zero-order valence-electron chi connectivity index (χ0n) is 8.41. The standard InChI is InChI=1S/C8H17N3O2S/c1-3-13-11-7(8(12)9-2)6-4-14-5-10-6/h4,7-12H,3,5H2,1-2H3. The van der Waals surface area contributed by atoms with Gasteiger partial charge in [-0.3, -0.25) is 5.32 Å². The van der Waals surface area contributed by atoms with Crippen LogP contribution in [-0.4, -0.2) is 36.9 Å². The molecular weight excluding hydrogens is 202 g/mol. The molecule has 0 spiro atoms. The molecule has 5 nitrogen and oxygen atoms in total. The summed E-state index contributed by atoms with van der Waals surface area (Å²) in [6.07, 6.45) is -0.668. The summed E-state index contributed by atoms with van der Waals surface area (Å²) in [4.78, 5) is 5.09. The second-order valence-corrected chi connectivity index (χ2v) is 3.68. The number of aliphatic hydroxyl groups is 1. The summed E-state index contributed by atoms with van der Waals surface area (Å²) in [5.74, 6) is 0.843. The molecule has 1 aliphatic heterocycles. The Bertz CT molecular complexity index is 201. The van der Waals surface area contributed by atoms with Crippen LogP contribution in [0.4, 0.5) is 0 Å². The smallest absolute Gasteiger partial charge is 0.128 e. The Hall–Kier alpha value is -0.270. The van der Waals surface area contributed by atoms with Gasteiger partial charge in [-0.05, 0) is 19.4 Å². The SMILES string of the molecule is CCONC(C1=CSCN1)C(O)NC. The van der Waals surface area contributed by atoms with E-state index in [9.17, 15) is 5.11 Å². The second kappa shape index (κ2) is 6.26. The molecule has 0 aliphatic carbocycles. The monoisotopic (exact) mass is 219 g/mol. The summed E-state index contributed by atoms with van der Waals surface area (Å²) in [7, 11) is 1.70. The number of hydroxylamine groups is 1. The molecule has 14 heavy (non-hydrogen) atoms. The first kappa shape index (κ1) is 11.8. The molecule has 2 atom stereocenters. The highest BCUT2D eigenvalue weighted by Crippen LogP contribution is 2.16. The van der Waals surface area contributed by atoms with Crippen molar-refractivity contribution in [3.05, 3.63) is 11.1 Å². The van der Waals surface area contributed by atoms with Crippen molar-refractivity contribution in [1.29, 1.82) is 0 Å². The van der Waals surface area contributed by atoms with Crippen molar-refractivity contribution in [2.75, 3.05) is 19.5 Å². The van der Waals surface area contributed by atoms with Gasteiger partial charge in [0.15, 0.2) is 0 Å². The van der Waals surface area contributed by atoms with Crippen LogP contribution in [0.5, 0.6) is 0 Å². The van der Waals surface area contributed by atoms with Gasteiger partial charge in [0, 0.05) is 5.70 Å². The third kappa shape index (κ3) is 3.14. The highest BCUT2D eigenvalue weighted by molar-refractivity contribution is 8.02. The zero-order valence-corrected chi connectivity index (χ0v) is 9.23. The largest absolute Gasteiger partial charge is 0.377 e. The van der Waals surface area contributed by atoms with E-state index in [4.69, 9.17) is 4.84 Å². The summed E-state index contributed by atoms with van der Waals surface area (Å²) in [5, 5.41) is 17.6. The molecule has 1 aliphatic rings. The van der Waals surface area contributed by atoms with Crippen LogP contribution < -0.4 is 16.1 Å².